The molecule has 1 N–H and O–H groups in total. The molecule has 0 radical (unpaired) electrons. The number of carbonyl (C=O) groups is 1. The maximum atomic E-state index is 12.8. The molecule has 2 atom stereocenters. The van der Waals surface area contributed by atoms with Crippen LogP contribution in [0, 0.1) is 22.7 Å². The summed E-state index contributed by atoms with van der Waals surface area (Å²) in [6.07, 6.45) is 5.82. The third-order valence-electron chi connectivity index (χ3n) is 5.92. The van der Waals surface area contributed by atoms with Gasteiger partial charge in [0, 0.05) is 25.2 Å². The van der Waals surface area contributed by atoms with Gasteiger partial charge in [0.15, 0.2) is 11.3 Å². The molecule has 0 spiro atoms. The molecule has 0 aromatic carbocycles. The van der Waals surface area contributed by atoms with Crippen molar-refractivity contribution in [1.82, 2.24) is 29.5 Å². The fourth-order valence-corrected chi connectivity index (χ4v) is 4.03. The number of piperidine rings is 1. The van der Waals surface area contributed by atoms with Gasteiger partial charge in [0.1, 0.15) is 11.2 Å². The van der Waals surface area contributed by atoms with E-state index in [-0.39, 0.29) is 11.8 Å². The molecule has 2 fully saturated rings. The van der Waals surface area contributed by atoms with Crippen molar-refractivity contribution < 1.29 is 4.79 Å². The van der Waals surface area contributed by atoms with Crippen molar-refractivity contribution in [3.63, 3.8) is 0 Å². The largest absolute Gasteiger partial charge is 0.345 e. The van der Waals surface area contributed by atoms with Gasteiger partial charge in [-0.3, -0.25) is 9.20 Å². The predicted molar refractivity (Wildman–Crippen MR) is 93.0 cm³/mol. The summed E-state index contributed by atoms with van der Waals surface area (Å²) in [4.78, 5) is 22.2. The van der Waals surface area contributed by atoms with E-state index in [0.717, 1.165) is 23.4 Å². The summed E-state index contributed by atoms with van der Waals surface area (Å²) >= 11 is 0. The van der Waals surface area contributed by atoms with Gasteiger partial charge >= 0.3 is 0 Å². The molecule has 132 valence electrons. The predicted octanol–water partition coefficient (Wildman–Crippen LogP) is 1.86. The smallest absolute Gasteiger partial charge is 0.243 e. The lowest BCUT2D eigenvalue weighted by atomic mass is 9.85. The van der Waals surface area contributed by atoms with Gasteiger partial charge < -0.3 is 9.88 Å². The Hall–Kier alpha value is -2.95. The quantitative estimate of drug-likeness (QED) is 0.760. The van der Waals surface area contributed by atoms with Crippen molar-refractivity contribution in [3.05, 3.63) is 24.3 Å². The van der Waals surface area contributed by atoms with Gasteiger partial charge in [-0.25, -0.2) is 4.98 Å². The second-order valence-electron chi connectivity index (χ2n) is 7.54. The number of likely N-dealkylation sites (tertiary alicyclic amines) is 1. The number of fused-ring (bicyclic) bond motifs is 3. The van der Waals surface area contributed by atoms with Crippen LogP contribution in [-0.2, 0) is 4.79 Å². The van der Waals surface area contributed by atoms with Crippen LogP contribution in [0.2, 0.25) is 0 Å². The second-order valence-corrected chi connectivity index (χ2v) is 7.54. The lowest BCUT2D eigenvalue weighted by Gasteiger charge is -2.37. The molecule has 0 unspecified atom stereocenters. The Balaban J connectivity index is 1.54. The molecule has 1 aliphatic carbocycles. The molecule has 2 aliphatic rings. The lowest BCUT2D eigenvalue weighted by Crippen LogP contribution is -2.45. The molecule has 5 rings (SSSR count). The van der Waals surface area contributed by atoms with Crippen LogP contribution in [0.25, 0.3) is 16.8 Å². The van der Waals surface area contributed by atoms with Gasteiger partial charge in [-0.15, -0.1) is 10.2 Å². The van der Waals surface area contributed by atoms with Crippen LogP contribution in [0.1, 0.15) is 37.9 Å². The number of H-pyrrole nitrogens is 1. The molecule has 4 heterocycles. The first-order valence-electron chi connectivity index (χ1n) is 9.01. The van der Waals surface area contributed by atoms with Crippen LogP contribution in [-0.4, -0.2) is 48.5 Å². The maximum absolute atomic E-state index is 12.8. The minimum absolute atomic E-state index is 0.0146. The van der Waals surface area contributed by atoms with Crippen LogP contribution >= 0.6 is 0 Å². The van der Waals surface area contributed by atoms with Crippen LogP contribution < -0.4 is 0 Å². The van der Waals surface area contributed by atoms with E-state index in [1.807, 2.05) is 21.6 Å². The summed E-state index contributed by atoms with van der Waals surface area (Å²) in [5, 5.41) is 18.1. The summed E-state index contributed by atoms with van der Waals surface area (Å²) in [6, 6.07) is 4.19. The number of carbonyl (C=O) groups excluding carboxylic acids is 1. The van der Waals surface area contributed by atoms with Crippen molar-refractivity contribution in [2.45, 2.75) is 32.1 Å². The zero-order valence-electron chi connectivity index (χ0n) is 14.5. The minimum Gasteiger partial charge on any atom is -0.345 e. The van der Waals surface area contributed by atoms with Crippen LogP contribution in [0.5, 0.6) is 0 Å². The zero-order chi connectivity index (χ0) is 17.9. The molecule has 1 aliphatic heterocycles. The highest BCUT2D eigenvalue weighted by molar-refractivity contribution is 5.88. The van der Waals surface area contributed by atoms with Gasteiger partial charge in [0.25, 0.3) is 0 Å². The number of aromatic amines is 1. The Morgan fingerprint density at radius 2 is 2.27 bits per heavy atom. The van der Waals surface area contributed by atoms with Gasteiger partial charge in [-0.05, 0) is 31.2 Å². The van der Waals surface area contributed by atoms with E-state index in [4.69, 9.17) is 0 Å². The number of hydrogen-bond donors (Lipinski definition) is 1. The van der Waals surface area contributed by atoms with Crippen molar-refractivity contribution in [2.75, 3.05) is 13.1 Å². The van der Waals surface area contributed by atoms with E-state index in [0.29, 0.717) is 37.5 Å². The Morgan fingerprint density at radius 1 is 1.42 bits per heavy atom. The normalized spacial score (nSPS) is 24.7. The summed E-state index contributed by atoms with van der Waals surface area (Å²) in [5.41, 5.74) is 1.67. The topological polar surface area (TPSA) is 103 Å². The molecular weight excluding hydrogens is 330 g/mol. The molecule has 8 heteroatoms. The van der Waals surface area contributed by atoms with Gasteiger partial charge in [-0.1, -0.05) is 6.92 Å². The van der Waals surface area contributed by atoms with Crippen LogP contribution in [0.15, 0.2) is 18.5 Å². The third kappa shape index (κ3) is 2.06. The number of rotatable bonds is 2. The second kappa shape index (κ2) is 5.27. The van der Waals surface area contributed by atoms with Crippen molar-refractivity contribution in [1.29, 1.82) is 5.26 Å². The SMILES string of the molecule is C[C@@H]1CCN(C(=O)C2(C#N)CC2)C[C@@H]1c1nnc2cnc3[nH]ccc3n12. The fourth-order valence-electron chi connectivity index (χ4n) is 4.03. The molecule has 1 amide bonds. The van der Waals surface area contributed by atoms with E-state index in [1.165, 1.54) is 0 Å². The molecule has 1 saturated heterocycles. The number of aromatic nitrogens is 5. The Morgan fingerprint density at radius 3 is 3.04 bits per heavy atom. The highest BCUT2D eigenvalue weighted by Crippen LogP contribution is 2.47. The zero-order valence-corrected chi connectivity index (χ0v) is 14.5. The third-order valence-corrected chi connectivity index (χ3v) is 5.92. The first-order chi connectivity index (χ1) is 12.6. The average Bonchev–Trinajstić information content (AvgIpc) is 3.11. The highest BCUT2D eigenvalue weighted by Gasteiger charge is 2.53. The van der Waals surface area contributed by atoms with Crippen molar-refractivity contribution >= 4 is 22.7 Å². The number of hydrogen-bond acceptors (Lipinski definition) is 5. The molecule has 1 saturated carbocycles. The summed E-state index contributed by atoms with van der Waals surface area (Å²) in [7, 11) is 0. The van der Waals surface area contributed by atoms with E-state index in [1.54, 1.807) is 6.20 Å². The van der Waals surface area contributed by atoms with Crippen LogP contribution in [0.4, 0.5) is 0 Å². The standard InChI is InChI=1S/C18H19N7O/c1-11-3-7-24(17(26)18(10-19)4-5-18)9-12(11)16-23-22-14-8-21-15-13(25(14)16)2-6-20-15/h2,6,8,11-12,20H,3-5,7,9H2,1H3/t11-,12+/m1/s1. The number of nitriles is 1. The summed E-state index contributed by atoms with van der Waals surface area (Å²) < 4.78 is 2.03. The average molecular weight is 349 g/mol. The number of nitrogens with zero attached hydrogens (tertiary/aromatic N) is 6. The fraction of sp³-hybridized carbons (Fsp3) is 0.500. The van der Waals surface area contributed by atoms with E-state index < -0.39 is 5.41 Å². The van der Waals surface area contributed by atoms with Crippen molar-refractivity contribution in [2.24, 2.45) is 11.3 Å². The first-order valence-corrected chi connectivity index (χ1v) is 9.01. The Kier molecular flexibility index (Phi) is 3.11. The van der Waals surface area contributed by atoms with Gasteiger partial charge in [0.05, 0.1) is 17.8 Å². The molecular formula is C18H19N7O. The number of nitrogens with one attached hydrogen (secondary N) is 1. The molecule has 26 heavy (non-hydrogen) atoms. The van der Waals surface area contributed by atoms with Gasteiger partial charge in [0.2, 0.25) is 5.91 Å². The molecule has 0 bridgehead atoms. The molecule has 3 aromatic rings. The van der Waals surface area contributed by atoms with Crippen molar-refractivity contribution in [3.8, 4) is 6.07 Å². The van der Waals surface area contributed by atoms with E-state index in [9.17, 15) is 10.1 Å². The monoisotopic (exact) mass is 349 g/mol. The van der Waals surface area contributed by atoms with Crippen LogP contribution in [0.3, 0.4) is 0 Å². The minimum atomic E-state index is -0.768. The molecule has 3 aromatic heterocycles. The lowest BCUT2D eigenvalue weighted by molar-refractivity contribution is -0.136. The summed E-state index contributed by atoms with van der Waals surface area (Å²) in [6.45, 7) is 3.48. The molecule has 8 nitrogen and oxygen atoms in total. The highest BCUT2D eigenvalue weighted by atomic mass is 16.2. The Labute approximate surface area is 149 Å². The first kappa shape index (κ1) is 15.3. The maximum Gasteiger partial charge on any atom is 0.243 e. The van der Waals surface area contributed by atoms with Gasteiger partial charge in [-0.2, -0.15) is 5.26 Å². The van der Waals surface area contributed by atoms with E-state index in [2.05, 4.69) is 33.2 Å². The Bertz CT molecular complexity index is 1050. The summed E-state index contributed by atoms with van der Waals surface area (Å²) in [5.74, 6) is 1.31. The number of amides is 1. The van der Waals surface area contributed by atoms with E-state index >= 15 is 0 Å².